The Hall–Kier alpha value is -3.49. The maximum atomic E-state index is 12.3. The van der Waals surface area contributed by atoms with Crippen LogP contribution in [0.1, 0.15) is 31.2 Å². The van der Waals surface area contributed by atoms with Crippen molar-refractivity contribution in [3.8, 4) is 0 Å². The first-order valence-corrected chi connectivity index (χ1v) is 8.74. The van der Waals surface area contributed by atoms with Crippen LogP contribution in [0.2, 0.25) is 0 Å². The number of carboxylic acid groups (broad SMARTS) is 1. The maximum absolute atomic E-state index is 12.3. The van der Waals surface area contributed by atoms with Crippen molar-refractivity contribution >= 4 is 35.5 Å². The molecule has 2 rings (SSSR count). The maximum Gasteiger partial charge on any atom is 0.303 e. The molecule has 1 aliphatic heterocycles. The number of aliphatic carboxylic acids is 1. The second-order valence-electron chi connectivity index (χ2n) is 6.49. The molecular formula is C19H23N5O4. The molecule has 9 nitrogen and oxygen atoms in total. The van der Waals surface area contributed by atoms with Gasteiger partial charge in [-0.1, -0.05) is 6.08 Å². The van der Waals surface area contributed by atoms with Crippen LogP contribution in [-0.4, -0.2) is 47.0 Å². The van der Waals surface area contributed by atoms with Gasteiger partial charge in [-0.05, 0) is 36.8 Å². The summed E-state index contributed by atoms with van der Waals surface area (Å²) in [5.74, 6) is -1.70. The van der Waals surface area contributed by atoms with Crippen LogP contribution >= 0.6 is 0 Å². The zero-order chi connectivity index (χ0) is 20.6. The number of aliphatic imine (C=N–C) groups is 1. The van der Waals surface area contributed by atoms with E-state index in [0.29, 0.717) is 11.3 Å². The molecule has 0 spiro atoms. The highest BCUT2D eigenvalue weighted by molar-refractivity contribution is 5.96. The van der Waals surface area contributed by atoms with Crippen LogP contribution in [-0.2, 0) is 14.4 Å². The molecular weight excluding hydrogens is 362 g/mol. The van der Waals surface area contributed by atoms with E-state index in [4.69, 9.17) is 16.2 Å². The number of nitrogens with zero attached hydrogens (tertiary/aromatic N) is 1. The minimum Gasteiger partial charge on any atom is -0.481 e. The summed E-state index contributed by atoms with van der Waals surface area (Å²) in [6, 6.07) is 6.49. The summed E-state index contributed by atoms with van der Waals surface area (Å²) in [5, 5.41) is 21.7. The first kappa shape index (κ1) is 20.8. The number of rotatable bonds is 9. The molecule has 1 aromatic rings. The average molecular weight is 385 g/mol. The fourth-order valence-electron chi connectivity index (χ4n) is 2.72. The van der Waals surface area contributed by atoms with E-state index in [9.17, 15) is 14.4 Å². The Labute approximate surface area is 162 Å². The molecule has 1 aliphatic rings. The predicted octanol–water partition coefficient (Wildman–Crippen LogP) is 1.05. The van der Waals surface area contributed by atoms with E-state index in [0.717, 1.165) is 0 Å². The number of anilines is 1. The van der Waals surface area contributed by atoms with E-state index in [-0.39, 0.29) is 49.9 Å². The molecule has 1 aromatic carbocycles. The highest BCUT2D eigenvalue weighted by atomic mass is 16.4. The van der Waals surface area contributed by atoms with Gasteiger partial charge in [-0.25, -0.2) is 0 Å². The minimum atomic E-state index is -0.952. The lowest BCUT2D eigenvalue weighted by atomic mass is 9.91. The van der Waals surface area contributed by atoms with Crippen LogP contribution in [0.5, 0.6) is 0 Å². The zero-order valence-corrected chi connectivity index (χ0v) is 15.3. The van der Waals surface area contributed by atoms with Crippen LogP contribution in [0.15, 0.2) is 41.4 Å². The van der Waals surface area contributed by atoms with E-state index < -0.39 is 11.5 Å². The highest BCUT2D eigenvalue weighted by Gasteiger charge is 2.30. The zero-order valence-electron chi connectivity index (χ0n) is 15.3. The lowest BCUT2D eigenvalue weighted by Gasteiger charge is -2.31. The number of dihydropyridines is 1. The van der Waals surface area contributed by atoms with Gasteiger partial charge in [0.1, 0.15) is 5.84 Å². The number of carbonyl (C=O) groups is 3. The van der Waals surface area contributed by atoms with Crippen molar-refractivity contribution in [3.63, 3.8) is 0 Å². The third kappa shape index (κ3) is 6.35. The Morgan fingerprint density at radius 2 is 1.82 bits per heavy atom. The van der Waals surface area contributed by atoms with Crippen molar-refractivity contribution < 1.29 is 19.5 Å². The number of hydrogen-bond donors (Lipinski definition) is 5. The number of amidine groups is 1. The lowest BCUT2D eigenvalue weighted by molar-refractivity contribution is -0.137. The van der Waals surface area contributed by atoms with Gasteiger partial charge in [0.25, 0.3) is 0 Å². The first-order chi connectivity index (χ1) is 13.3. The number of nitrogens with two attached hydrogens (primary N) is 1. The summed E-state index contributed by atoms with van der Waals surface area (Å²) in [6.07, 6.45) is 5.05. The number of amides is 2. The molecule has 148 valence electrons. The molecule has 0 bridgehead atoms. The number of benzene rings is 1. The summed E-state index contributed by atoms with van der Waals surface area (Å²) < 4.78 is 0. The quantitative estimate of drug-likeness (QED) is 0.317. The topological polar surface area (TPSA) is 158 Å². The smallest absolute Gasteiger partial charge is 0.303 e. The number of allylic oxidation sites excluding steroid dienone is 1. The molecule has 0 saturated heterocycles. The van der Waals surface area contributed by atoms with Crippen molar-refractivity contribution in [2.24, 2.45) is 10.7 Å². The van der Waals surface area contributed by atoms with Gasteiger partial charge in [0.2, 0.25) is 11.8 Å². The normalized spacial score (nSPS) is 17.7. The molecule has 28 heavy (non-hydrogen) atoms. The van der Waals surface area contributed by atoms with Crippen LogP contribution < -0.4 is 16.4 Å². The summed E-state index contributed by atoms with van der Waals surface area (Å²) in [5.41, 5.74) is 5.62. The van der Waals surface area contributed by atoms with Crippen LogP contribution in [0, 0.1) is 5.41 Å². The number of hydrogen-bond acceptors (Lipinski definition) is 5. The molecule has 0 fully saturated rings. The third-order valence-corrected chi connectivity index (χ3v) is 4.21. The largest absolute Gasteiger partial charge is 0.481 e. The minimum absolute atomic E-state index is 0.0255. The fraction of sp³-hybridized carbons (Fsp3) is 0.316. The van der Waals surface area contributed by atoms with Gasteiger partial charge in [-0.2, -0.15) is 0 Å². The Morgan fingerprint density at radius 1 is 1.14 bits per heavy atom. The van der Waals surface area contributed by atoms with E-state index in [2.05, 4.69) is 15.6 Å². The Morgan fingerprint density at radius 3 is 2.39 bits per heavy atom. The van der Waals surface area contributed by atoms with E-state index in [1.54, 1.807) is 42.6 Å². The number of nitrogen functional groups attached to an aromatic ring is 1. The molecule has 1 heterocycles. The monoisotopic (exact) mass is 385 g/mol. The van der Waals surface area contributed by atoms with Gasteiger partial charge < -0.3 is 21.5 Å². The van der Waals surface area contributed by atoms with Crippen molar-refractivity contribution in [3.05, 3.63) is 42.0 Å². The second kappa shape index (κ2) is 9.45. The summed E-state index contributed by atoms with van der Waals surface area (Å²) in [4.78, 5) is 39.3. The number of carboxylic acids is 1. The Bertz CT molecular complexity index is 816. The first-order valence-electron chi connectivity index (χ1n) is 8.74. The van der Waals surface area contributed by atoms with Gasteiger partial charge in [-0.3, -0.25) is 24.8 Å². The molecule has 0 aliphatic carbocycles. The highest BCUT2D eigenvalue weighted by Crippen LogP contribution is 2.19. The Balaban J connectivity index is 1.85. The van der Waals surface area contributed by atoms with E-state index in [1.807, 2.05) is 0 Å². The van der Waals surface area contributed by atoms with Crippen molar-refractivity contribution in [2.75, 3.05) is 11.9 Å². The van der Waals surface area contributed by atoms with Gasteiger partial charge in [0, 0.05) is 36.7 Å². The summed E-state index contributed by atoms with van der Waals surface area (Å²) >= 11 is 0. The second-order valence-corrected chi connectivity index (χ2v) is 6.49. The van der Waals surface area contributed by atoms with Crippen molar-refractivity contribution in [1.29, 1.82) is 5.41 Å². The van der Waals surface area contributed by atoms with Crippen molar-refractivity contribution in [2.45, 2.75) is 31.2 Å². The van der Waals surface area contributed by atoms with Crippen LogP contribution in [0.4, 0.5) is 5.69 Å². The molecule has 6 N–H and O–H groups in total. The van der Waals surface area contributed by atoms with Crippen LogP contribution in [0.25, 0.3) is 0 Å². The SMILES string of the molecule is N=C(N)c1ccc(NC(=O)CCC(=O)NC2(CCC(=O)O)C=CC=NC2)cc1. The summed E-state index contributed by atoms with van der Waals surface area (Å²) in [6.45, 7) is 0.261. The number of nitrogens with one attached hydrogen (secondary N) is 3. The van der Waals surface area contributed by atoms with Crippen LogP contribution in [0.3, 0.4) is 0 Å². The van der Waals surface area contributed by atoms with E-state index >= 15 is 0 Å². The van der Waals surface area contributed by atoms with Gasteiger partial charge >= 0.3 is 5.97 Å². The van der Waals surface area contributed by atoms with E-state index in [1.165, 1.54) is 0 Å². The Kier molecular flexibility index (Phi) is 7.02. The van der Waals surface area contributed by atoms with Gasteiger partial charge in [0.05, 0.1) is 12.1 Å². The molecule has 0 radical (unpaired) electrons. The molecule has 2 amide bonds. The standard InChI is InChI=1S/C19H23N5O4/c20-18(21)13-2-4-14(5-3-13)23-15(25)6-7-16(26)24-19(10-8-17(27)28)9-1-11-22-12-19/h1-5,9,11H,6-8,10,12H2,(H3,20,21)(H,23,25)(H,24,26)(H,27,28). The molecule has 1 unspecified atom stereocenters. The third-order valence-electron chi connectivity index (χ3n) is 4.21. The number of carbonyl (C=O) groups excluding carboxylic acids is 2. The molecule has 0 aromatic heterocycles. The molecule has 1 atom stereocenters. The average Bonchev–Trinajstić information content (AvgIpc) is 2.66. The summed E-state index contributed by atoms with van der Waals surface area (Å²) in [7, 11) is 0. The fourth-order valence-corrected chi connectivity index (χ4v) is 2.72. The lowest BCUT2D eigenvalue weighted by Crippen LogP contribution is -2.50. The predicted molar refractivity (Wildman–Crippen MR) is 106 cm³/mol. The van der Waals surface area contributed by atoms with Gasteiger partial charge in [0.15, 0.2) is 0 Å². The molecule has 9 heteroatoms. The van der Waals surface area contributed by atoms with Gasteiger partial charge in [-0.15, -0.1) is 0 Å². The molecule has 0 saturated carbocycles. The van der Waals surface area contributed by atoms with Crippen molar-refractivity contribution in [1.82, 2.24) is 5.32 Å².